The average Bonchev–Trinajstić information content (AvgIpc) is 3.27. The van der Waals surface area contributed by atoms with Crippen LogP contribution in [0.2, 0.25) is 0 Å². The number of nitrogens with zero attached hydrogens (tertiary/aromatic N) is 4. The van der Waals surface area contributed by atoms with Crippen molar-refractivity contribution in [1.82, 2.24) is 19.7 Å². The Morgan fingerprint density at radius 1 is 1.19 bits per heavy atom. The summed E-state index contributed by atoms with van der Waals surface area (Å²) in [6, 6.07) is 9.64. The van der Waals surface area contributed by atoms with Gasteiger partial charge in [0.2, 0.25) is 10.0 Å². The molecule has 178 valence electrons. The number of ether oxygens (including phenoxy) is 1. The number of hydrogen-bond donors (Lipinski definition) is 1. The molecular weight excluding hydrogens is 545 g/mol. The summed E-state index contributed by atoms with van der Waals surface area (Å²) in [6.07, 6.45) is 1.38. The van der Waals surface area contributed by atoms with Crippen LogP contribution in [0.4, 0.5) is 0 Å². The fourth-order valence-corrected chi connectivity index (χ4v) is 4.97. The maximum atomic E-state index is 12.6. The summed E-state index contributed by atoms with van der Waals surface area (Å²) >= 11 is 0. The van der Waals surface area contributed by atoms with Crippen LogP contribution in [0, 0.1) is 0 Å². The third kappa shape index (κ3) is 6.58. The zero-order chi connectivity index (χ0) is 22.5. The Morgan fingerprint density at radius 2 is 1.84 bits per heavy atom. The molecule has 1 aromatic carbocycles. The van der Waals surface area contributed by atoms with Crippen molar-refractivity contribution in [2.75, 3.05) is 46.9 Å². The summed E-state index contributed by atoms with van der Waals surface area (Å²) in [5.41, 5.74) is 1.49. The fraction of sp³-hybridized carbons (Fsp3) is 0.524. The van der Waals surface area contributed by atoms with E-state index in [4.69, 9.17) is 9.26 Å². The molecule has 0 unspecified atom stereocenters. The summed E-state index contributed by atoms with van der Waals surface area (Å²) in [4.78, 5) is 6.49. The van der Waals surface area contributed by atoms with Gasteiger partial charge in [-0.1, -0.05) is 31.1 Å². The molecule has 0 atom stereocenters. The van der Waals surface area contributed by atoms with Crippen molar-refractivity contribution in [3.8, 4) is 5.75 Å². The molecule has 0 amide bonds. The zero-order valence-electron chi connectivity index (χ0n) is 18.9. The van der Waals surface area contributed by atoms with E-state index in [0.717, 1.165) is 11.7 Å². The number of rotatable bonds is 7. The molecule has 1 saturated heterocycles. The molecule has 1 fully saturated rings. The van der Waals surface area contributed by atoms with E-state index < -0.39 is 10.0 Å². The van der Waals surface area contributed by atoms with Gasteiger partial charge in [0.25, 0.3) is 0 Å². The molecule has 1 aliphatic rings. The molecule has 11 heteroatoms. The lowest BCUT2D eigenvalue weighted by molar-refractivity contribution is 0.258. The minimum absolute atomic E-state index is 0. The monoisotopic (exact) mass is 577 g/mol. The van der Waals surface area contributed by atoms with Gasteiger partial charge >= 0.3 is 0 Å². The van der Waals surface area contributed by atoms with Gasteiger partial charge in [0, 0.05) is 51.3 Å². The van der Waals surface area contributed by atoms with E-state index in [2.05, 4.69) is 46.3 Å². The quantitative estimate of drug-likeness (QED) is 0.306. The van der Waals surface area contributed by atoms with Gasteiger partial charge in [0.05, 0.1) is 12.8 Å². The van der Waals surface area contributed by atoms with Crippen LogP contribution in [-0.2, 0) is 21.2 Å². The van der Waals surface area contributed by atoms with Crippen molar-refractivity contribution in [2.45, 2.75) is 25.0 Å². The summed E-state index contributed by atoms with van der Waals surface area (Å²) in [7, 11) is -0.0216. The molecule has 2 aromatic rings. The standard InChI is InChI=1S/C21H31N5O4S.HI/c1-21(2,17-5-7-19(29-4)8-6-17)16-23-20(22-3)25-10-12-26(13-11-25)31(27,28)15-18-9-14-30-24-18;/h5-9,14H,10-13,15-16H2,1-4H3,(H,22,23);1H. The zero-order valence-corrected chi connectivity index (χ0v) is 22.1. The van der Waals surface area contributed by atoms with E-state index in [1.54, 1.807) is 20.2 Å². The molecule has 1 aliphatic heterocycles. The van der Waals surface area contributed by atoms with Crippen LogP contribution in [-0.4, -0.2) is 75.6 Å². The Morgan fingerprint density at radius 3 is 2.38 bits per heavy atom. The first-order valence-corrected chi connectivity index (χ1v) is 11.8. The number of aromatic nitrogens is 1. The van der Waals surface area contributed by atoms with Crippen LogP contribution in [0.15, 0.2) is 46.1 Å². The van der Waals surface area contributed by atoms with Crippen LogP contribution in [0.5, 0.6) is 5.75 Å². The van der Waals surface area contributed by atoms with E-state index in [9.17, 15) is 8.42 Å². The maximum Gasteiger partial charge on any atom is 0.220 e. The molecule has 2 heterocycles. The van der Waals surface area contributed by atoms with Crippen LogP contribution >= 0.6 is 24.0 Å². The van der Waals surface area contributed by atoms with Crippen molar-refractivity contribution in [1.29, 1.82) is 0 Å². The lowest BCUT2D eigenvalue weighted by Gasteiger charge is -2.37. The van der Waals surface area contributed by atoms with Crippen molar-refractivity contribution >= 4 is 40.0 Å². The molecule has 9 nitrogen and oxygen atoms in total. The lowest BCUT2D eigenvalue weighted by Crippen LogP contribution is -2.55. The number of benzene rings is 1. The Bertz CT molecular complexity index is 970. The summed E-state index contributed by atoms with van der Waals surface area (Å²) < 4.78 is 36.7. The van der Waals surface area contributed by atoms with Gasteiger partial charge in [-0.15, -0.1) is 24.0 Å². The molecule has 1 N–H and O–H groups in total. The summed E-state index contributed by atoms with van der Waals surface area (Å²) in [5, 5.41) is 7.16. The van der Waals surface area contributed by atoms with E-state index >= 15 is 0 Å². The van der Waals surface area contributed by atoms with Gasteiger partial charge in [-0.25, -0.2) is 8.42 Å². The minimum Gasteiger partial charge on any atom is -0.497 e. The number of guanidine groups is 1. The van der Waals surface area contributed by atoms with Gasteiger partial charge < -0.3 is 19.5 Å². The molecule has 0 saturated carbocycles. The van der Waals surface area contributed by atoms with Gasteiger partial charge in [-0.2, -0.15) is 4.31 Å². The van der Waals surface area contributed by atoms with Crippen molar-refractivity contribution in [3.63, 3.8) is 0 Å². The molecule has 3 rings (SSSR count). The number of nitrogens with one attached hydrogen (secondary N) is 1. The fourth-order valence-electron chi connectivity index (χ4n) is 3.54. The van der Waals surface area contributed by atoms with E-state index in [1.807, 2.05) is 12.1 Å². The van der Waals surface area contributed by atoms with Gasteiger partial charge in [0.1, 0.15) is 17.8 Å². The second-order valence-corrected chi connectivity index (χ2v) is 10.1. The first kappa shape index (κ1) is 26.4. The maximum absolute atomic E-state index is 12.6. The topological polar surface area (TPSA) is 100 Å². The molecule has 0 aliphatic carbocycles. The third-order valence-electron chi connectivity index (χ3n) is 5.52. The third-order valence-corrected chi connectivity index (χ3v) is 7.34. The predicted octanol–water partition coefficient (Wildman–Crippen LogP) is 2.30. The second kappa shape index (κ2) is 11.3. The van der Waals surface area contributed by atoms with E-state index in [0.29, 0.717) is 38.4 Å². The number of sulfonamides is 1. The van der Waals surface area contributed by atoms with Crippen molar-refractivity contribution in [3.05, 3.63) is 47.9 Å². The first-order valence-electron chi connectivity index (χ1n) is 10.2. The van der Waals surface area contributed by atoms with Crippen molar-refractivity contribution < 1.29 is 17.7 Å². The van der Waals surface area contributed by atoms with Crippen LogP contribution in [0.3, 0.4) is 0 Å². The van der Waals surface area contributed by atoms with E-state index in [1.165, 1.54) is 16.1 Å². The highest BCUT2D eigenvalue weighted by molar-refractivity contribution is 14.0. The van der Waals surface area contributed by atoms with Crippen LogP contribution in [0.25, 0.3) is 0 Å². The first-order chi connectivity index (χ1) is 14.7. The Hall–Kier alpha value is -1.86. The highest BCUT2D eigenvalue weighted by Crippen LogP contribution is 2.24. The minimum atomic E-state index is -3.43. The molecule has 0 radical (unpaired) electrons. The van der Waals surface area contributed by atoms with Crippen LogP contribution in [0.1, 0.15) is 25.1 Å². The Balaban J connectivity index is 0.00000363. The molecule has 32 heavy (non-hydrogen) atoms. The smallest absolute Gasteiger partial charge is 0.220 e. The van der Waals surface area contributed by atoms with Gasteiger partial charge in [-0.3, -0.25) is 4.99 Å². The normalized spacial score (nSPS) is 15.9. The van der Waals surface area contributed by atoms with Crippen molar-refractivity contribution in [2.24, 2.45) is 4.99 Å². The largest absolute Gasteiger partial charge is 0.497 e. The van der Waals surface area contributed by atoms with Gasteiger partial charge in [-0.05, 0) is 17.7 Å². The molecular formula is C21H32IN5O4S. The number of aliphatic imine (C=N–C) groups is 1. The highest BCUT2D eigenvalue weighted by atomic mass is 127. The Kier molecular flexibility index (Phi) is 9.34. The molecule has 0 spiro atoms. The average molecular weight is 577 g/mol. The molecule has 1 aromatic heterocycles. The lowest BCUT2D eigenvalue weighted by atomic mass is 9.84. The number of piperazine rings is 1. The second-order valence-electron chi connectivity index (χ2n) is 8.15. The number of hydrogen-bond acceptors (Lipinski definition) is 6. The SMILES string of the molecule is CN=C(NCC(C)(C)c1ccc(OC)cc1)N1CCN(S(=O)(=O)Cc2ccon2)CC1.I. The highest BCUT2D eigenvalue weighted by Gasteiger charge is 2.29. The van der Waals surface area contributed by atoms with Gasteiger partial charge in [0.15, 0.2) is 5.96 Å². The number of halogens is 1. The van der Waals surface area contributed by atoms with Crippen LogP contribution < -0.4 is 10.1 Å². The Labute approximate surface area is 207 Å². The number of methoxy groups -OCH3 is 1. The van der Waals surface area contributed by atoms with E-state index in [-0.39, 0.29) is 35.1 Å². The summed E-state index contributed by atoms with van der Waals surface area (Å²) in [6.45, 7) is 6.98. The predicted molar refractivity (Wildman–Crippen MR) is 135 cm³/mol. The summed E-state index contributed by atoms with van der Waals surface area (Å²) in [5.74, 6) is 1.46. The molecule has 0 bridgehead atoms.